The van der Waals surface area contributed by atoms with E-state index in [1.54, 1.807) is 0 Å². The molecule has 26 heavy (non-hydrogen) atoms. The molecule has 1 saturated carbocycles. The molecule has 0 spiro atoms. The first-order valence-electron chi connectivity index (χ1n) is 8.67. The van der Waals surface area contributed by atoms with Gasteiger partial charge in [-0.15, -0.1) is 10.2 Å². The van der Waals surface area contributed by atoms with Crippen molar-refractivity contribution in [1.29, 1.82) is 0 Å². The van der Waals surface area contributed by atoms with Gasteiger partial charge in [0.2, 0.25) is 5.16 Å². The second-order valence-corrected chi connectivity index (χ2v) is 7.60. The van der Waals surface area contributed by atoms with Crippen LogP contribution in [0.15, 0.2) is 41.6 Å². The Hall–Kier alpha value is -2.54. The molecular formula is C19H21N5OS. The van der Waals surface area contributed by atoms with Crippen LogP contribution in [-0.2, 0) is 0 Å². The lowest BCUT2D eigenvalue weighted by Gasteiger charge is -2.09. The summed E-state index contributed by atoms with van der Waals surface area (Å²) < 4.78 is 3.64. The molecule has 0 unspecified atom stereocenters. The number of Topliss-reactive ketones (excluding diaryl/α,β-unsaturated/α-hetero) is 1. The summed E-state index contributed by atoms with van der Waals surface area (Å²) in [5.74, 6) is 7.67. The number of hydrogen-bond acceptors (Lipinski definition) is 5. The minimum atomic E-state index is 0.0706. The van der Waals surface area contributed by atoms with Gasteiger partial charge in [-0.2, -0.15) is 0 Å². The number of nitrogens with two attached hydrogens (primary N) is 1. The molecule has 2 heterocycles. The number of rotatable bonds is 6. The second kappa shape index (κ2) is 6.64. The normalized spacial score (nSPS) is 13.9. The van der Waals surface area contributed by atoms with Crippen LogP contribution in [0.5, 0.6) is 0 Å². The van der Waals surface area contributed by atoms with Crippen molar-refractivity contribution in [3.63, 3.8) is 0 Å². The molecular weight excluding hydrogens is 346 g/mol. The van der Waals surface area contributed by atoms with E-state index in [9.17, 15) is 4.79 Å². The Balaban J connectivity index is 1.52. The van der Waals surface area contributed by atoms with Gasteiger partial charge in [0.15, 0.2) is 11.6 Å². The second-order valence-electron chi connectivity index (χ2n) is 6.65. The van der Waals surface area contributed by atoms with E-state index in [0.29, 0.717) is 16.8 Å². The number of para-hydroxylation sites is 1. The lowest BCUT2D eigenvalue weighted by molar-refractivity contribution is 0.102. The van der Waals surface area contributed by atoms with Gasteiger partial charge in [-0.3, -0.25) is 4.79 Å². The molecule has 0 radical (unpaired) electrons. The Morgan fingerprint density at radius 3 is 2.65 bits per heavy atom. The summed E-state index contributed by atoms with van der Waals surface area (Å²) in [6, 6.07) is 12.0. The SMILES string of the molecule is Cc1cc(C(=O)CSc2nnc(C3CC3)n2N)c(C)n1-c1ccccc1. The van der Waals surface area contributed by atoms with Gasteiger partial charge in [-0.1, -0.05) is 30.0 Å². The van der Waals surface area contributed by atoms with Crippen molar-refractivity contribution in [2.75, 3.05) is 11.6 Å². The Morgan fingerprint density at radius 2 is 1.96 bits per heavy atom. The highest BCUT2D eigenvalue weighted by Crippen LogP contribution is 2.39. The molecule has 1 aliphatic rings. The van der Waals surface area contributed by atoms with E-state index in [2.05, 4.69) is 14.8 Å². The van der Waals surface area contributed by atoms with E-state index < -0.39 is 0 Å². The van der Waals surface area contributed by atoms with Crippen LogP contribution in [0.4, 0.5) is 0 Å². The Bertz CT molecular complexity index is 956. The van der Waals surface area contributed by atoms with Gasteiger partial charge in [0.1, 0.15) is 0 Å². The van der Waals surface area contributed by atoms with Gasteiger partial charge in [0.25, 0.3) is 0 Å². The summed E-state index contributed by atoms with van der Waals surface area (Å²) >= 11 is 1.34. The van der Waals surface area contributed by atoms with E-state index in [1.165, 1.54) is 16.4 Å². The molecule has 0 saturated heterocycles. The molecule has 0 atom stereocenters. The Labute approximate surface area is 156 Å². The molecule has 0 aliphatic heterocycles. The van der Waals surface area contributed by atoms with E-state index in [4.69, 9.17) is 5.84 Å². The zero-order chi connectivity index (χ0) is 18.3. The number of nitrogen functional groups attached to an aromatic ring is 1. The minimum Gasteiger partial charge on any atom is -0.336 e. The molecule has 7 heteroatoms. The molecule has 4 rings (SSSR count). The Kier molecular flexibility index (Phi) is 4.32. The standard InChI is InChI=1S/C19H21N5OS/c1-12-10-16(13(2)23(12)15-6-4-3-5-7-15)17(25)11-26-19-22-21-18(24(19)20)14-8-9-14/h3-7,10,14H,8-9,11,20H2,1-2H3. The summed E-state index contributed by atoms with van der Waals surface area (Å²) in [5.41, 5.74) is 3.79. The number of benzene rings is 1. The lowest BCUT2D eigenvalue weighted by Crippen LogP contribution is -2.14. The average molecular weight is 367 g/mol. The molecule has 3 aromatic rings. The predicted octanol–water partition coefficient (Wildman–Crippen LogP) is 3.25. The molecule has 0 bridgehead atoms. The highest BCUT2D eigenvalue weighted by molar-refractivity contribution is 7.99. The van der Waals surface area contributed by atoms with Crippen molar-refractivity contribution < 1.29 is 4.79 Å². The molecule has 1 aliphatic carbocycles. The first-order valence-corrected chi connectivity index (χ1v) is 9.65. The quantitative estimate of drug-likeness (QED) is 0.411. The third kappa shape index (κ3) is 3.03. The lowest BCUT2D eigenvalue weighted by atomic mass is 10.2. The van der Waals surface area contributed by atoms with Gasteiger partial charge >= 0.3 is 0 Å². The summed E-state index contributed by atoms with van der Waals surface area (Å²) in [4.78, 5) is 12.8. The maximum atomic E-state index is 12.8. The van der Waals surface area contributed by atoms with Crippen molar-refractivity contribution in [1.82, 2.24) is 19.4 Å². The molecule has 0 amide bonds. The number of thioether (sulfide) groups is 1. The number of carbonyl (C=O) groups is 1. The first-order chi connectivity index (χ1) is 12.6. The molecule has 6 nitrogen and oxygen atoms in total. The van der Waals surface area contributed by atoms with E-state index in [0.717, 1.165) is 41.3 Å². The van der Waals surface area contributed by atoms with Crippen LogP contribution in [-0.4, -0.2) is 31.0 Å². The largest absolute Gasteiger partial charge is 0.336 e. The van der Waals surface area contributed by atoms with Gasteiger partial charge in [0, 0.05) is 28.6 Å². The van der Waals surface area contributed by atoms with Gasteiger partial charge in [0.05, 0.1) is 5.75 Å². The fourth-order valence-corrected chi connectivity index (χ4v) is 3.98. The highest BCUT2D eigenvalue weighted by atomic mass is 32.2. The predicted molar refractivity (Wildman–Crippen MR) is 102 cm³/mol. The van der Waals surface area contributed by atoms with Gasteiger partial charge in [-0.05, 0) is 44.9 Å². The number of aryl methyl sites for hydroxylation is 1. The highest BCUT2D eigenvalue weighted by Gasteiger charge is 2.30. The fraction of sp³-hybridized carbons (Fsp3) is 0.316. The minimum absolute atomic E-state index is 0.0706. The molecule has 2 N–H and O–H groups in total. The van der Waals surface area contributed by atoms with Crippen molar-refractivity contribution in [3.05, 3.63) is 59.2 Å². The molecule has 134 valence electrons. The van der Waals surface area contributed by atoms with Crippen molar-refractivity contribution in [3.8, 4) is 5.69 Å². The number of hydrogen-bond donors (Lipinski definition) is 1. The van der Waals surface area contributed by atoms with Crippen LogP contribution in [0.25, 0.3) is 5.69 Å². The first kappa shape index (κ1) is 16.9. The number of nitrogens with zero attached hydrogens (tertiary/aromatic N) is 4. The van der Waals surface area contributed by atoms with Crippen LogP contribution in [0.3, 0.4) is 0 Å². The van der Waals surface area contributed by atoms with E-state index in [1.807, 2.05) is 50.2 Å². The maximum Gasteiger partial charge on any atom is 0.210 e. The zero-order valence-electron chi connectivity index (χ0n) is 14.8. The third-order valence-corrected chi connectivity index (χ3v) is 5.65. The average Bonchev–Trinajstić information content (AvgIpc) is 3.35. The fourth-order valence-electron chi connectivity index (χ4n) is 3.23. The maximum absolute atomic E-state index is 12.8. The zero-order valence-corrected chi connectivity index (χ0v) is 15.7. The van der Waals surface area contributed by atoms with E-state index in [-0.39, 0.29) is 5.78 Å². The molecule has 2 aromatic heterocycles. The topological polar surface area (TPSA) is 78.7 Å². The summed E-state index contributed by atoms with van der Waals surface area (Å²) in [5, 5.41) is 8.88. The third-order valence-electron chi connectivity index (χ3n) is 4.71. The van der Waals surface area contributed by atoms with Gasteiger partial charge < -0.3 is 10.4 Å². The van der Waals surface area contributed by atoms with Crippen molar-refractivity contribution in [2.24, 2.45) is 0 Å². The van der Waals surface area contributed by atoms with Crippen LogP contribution in [0.2, 0.25) is 0 Å². The summed E-state index contributed by atoms with van der Waals surface area (Å²) in [7, 11) is 0. The molecule has 1 aromatic carbocycles. The van der Waals surface area contributed by atoms with Gasteiger partial charge in [-0.25, -0.2) is 4.68 Å². The van der Waals surface area contributed by atoms with Crippen LogP contribution < -0.4 is 5.84 Å². The number of carbonyl (C=O) groups excluding carboxylic acids is 1. The smallest absolute Gasteiger partial charge is 0.210 e. The number of aromatic nitrogens is 4. The van der Waals surface area contributed by atoms with E-state index >= 15 is 0 Å². The Morgan fingerprint density at radius 1 is 1.23 bits per heavy atom. The summed E-state index contributed by atoms with van der Waals surface area (Å²) in [6.07, 6.45) is 2.23. The van der Waals surface area contributed by atoms with Crippen LogP contribution in [0, 0.1) is 13.8 Å². The number of ketones is 1. The van der Waals surface area contributed by atoms with Crippen LogP contribution in [0.1, 0.15) is 46.3 Å². The van der Waals surface area contributed by atoms with Crippen molar-refractivity contribution in [2.45, 2.75) is 37.8 Å². The molecule has 1 fully saturated rings. The van der Waals surface area contributed by atoms with Crippen LogP contribution >= 0.6 is 11.8 Å². The van der Waals surface area contributed by atoms with Crippen molar-refractivity contribution >= 4 is 17.5 Å². The monoisotopic (exact) mass is 367 g/mol. The summed E-state index contributed by atoms with van der Waals surface area (Å²) in [6.45, 7) is 4.00.